The van der Waals surface area contributed by atoms with Crippen molar-refractivity contribution in [2.45, 2.75) is 6.92 Å². The molecule has 0 aliphatic heterocycles. The summed E-state index contributed by atoms with van der Waals surface area (Å²) in [6.07, 6.45) is 0. The number of amides is 1. The molecule has 1 heterocycles. The standard InChI is InChI=1S/C14H12ClNO2S/c1-9-8-19-14(12(9)16-11(17)7-15)13(18)10-5-3-2-4-6-10/h2-6,8H,7H2,1H3,(H,16,17). The smallest absolute Gasteiger partial charge is 0.239 e. The molecule has 1 aromatic heterocycles. The van der Waals surface area contributed by atoms with Gasteiger partial charge in [-0.15, -0.1) is 22.9 Å². The molecule has 0 bridgehead atoms. The minimum atomic E-state index is -0.315. The summed E-state index contributed by atoms with van der Waals surface area (Å²) in [5, 5.41) is 4.53. The lowest BCUT2D eigenvalue weighted by atomic mass is 10.1. The number of hydrogen-bond acceptors (Lipinski definition) is 3. The van der Waals surface area contributed by atoms with Gasteiger partial charge in [0.25, 0.3) is 0 Å². The zero-order chi connectivity index (χ0) is 13.8. The number of benzene rings is 1. The molecule has 2 aromatic rings. The predicted molar refractivity (Wildman–Crippen MR) is 78.3 cm³/mol. The van der Waals surface area contributed by atoms with Gasteiger partial charge in [0.2, 0.25) is 11.7 Å². The van der Waals surface area contributed by atoms with E-state index in [1.807, 2.05) is 30.5 Å². The maximum Gasteiger partial charge on any atom is 0.239 e. The Morgan fingerprint density at radius 2 is 1.95 bits per heavy atom. The lowest BCUT2D eigenvalue weighted by Crippen LogP contribution is -2.15. The molecule has 0 aliphatic carbocycles. The molecule has 0 radical (unpaired) electrons. The number of aryl methyl sites for hydroxylation is 1. The number of anilines is 1. The van der Waals surface area contributed by atoms with Gasteiger partial charge in [-0.3, -0.25) is 9.59 Å². The summed E-state index contributed by atoms with van der Waals surface area (Å²) in [6.45, 7) is 1.85. The average molecular weight is 294 g/mol. The number of ketones is 1. The van der Waals surface area contributed by atoms with Gasteiger partial charge in [-0.2, -0.15) is 0 Å². The third-order valence-corrected chi connectivity index (χ3v) is 3.94. The minimum Gasteiger partial charge on any atom is -0.323 e. The number of carbonyl (C=O) groups excluding carboxylic acids is 2. The number of halogens is 1. The Balaban J connectivity index is 2.35. The van der Waals surface area contributed by atoms with Crippen LogP contribution in [0, 0.1) is 6.92 Å². The van der Waals surface area contributed by atoms with Crippen LogP contribution in [-0.2, 0) is 4.79 Å². The van der Waals surface area contributed by atoms with Crippen LogP contribution in [0.5, 0.6) is 0 Å². The number of rotatable bonds is 4. The summed E-state index contributed by atoms with van der Waals surface area (Å²) < 4.78 is 0. The van der Waals surface area contributed by atoms with E-state index >= 15 is 0 Å². The van der Waals surface area contributed by atoms with Crippen LogP contribution >= 0.6 is 22.9 Å². The van der Waals surface area contributed by atoms with Crippen molar-refractivity contribution >= 4 is 40.3 Å². The quantitative estimate of drug-likeness (QED) is 0.693. The highest BCUT2D eigenvalue weighted by molar-refractivity contribution is 7.13. The molecule has 0 fully saturated rings. The van der Waals surface area contributed by atoms with Gasteiger partial charge in [0.15, 0.2) is 0 Å². The molecule has 0 atom stereocenters. The highest BCUT2D eigenvalue weighted by Gasteiger charge is 2.18. The third-order valence-electron chi connectivity index (χ3n) is 2.60. The molecule has 0 spiro atoms. The zero-order valence-corrected chi connectivity index (χ0v) is 11.8. The number of carbonyl (C=O) groups is 2. The Hall–Kier alpha value is -1.65. The van der Waals surface area contributed by atoms with Crippen LogP contribution in [0.1, 0.15) is 20.8 Å². The van der Waals surface area contributed by atoms with Crippen molar-refractivity contribution in [2.24, 2.45) is 0 Å². The fourth-order valence-electron chi connectivity index (χ4n) is 1.66. The summed E-state index contributed by atoms with van der Waals surface area (Å²) in [6, 6.07) is 8.98. The molecule has 1 aromatic carbocycles. The van der Waals surface area contributed by atoms with Gasteiger partial charge in [-0.1, -0.05) is 30.3 Å². The van der Waals surface area contributed by atoms with Crippen LogP contribution in [0.15, 0.2) is 35.7 Å². The number of alkyl halides is 1. The average Bonchev–Trinajstić information content (AvgIpc) is 2.80. The number of thiophene rings is 1. The van der Waals surface area contributed by atoms with Gasteiger partial charge in [0.05, 0.1) is 10.6 Å². The Kier molecular flexibility index (Phi) is 4.35. The van der Waals surface area contributed by atoms with Crippen LogP contribution in [-0.4, -0.2) is 17.6 Å². The third kappa shape index (κ3) is 3.03. The Morgan fingerprint density at radius 1 is 1.26 bits per heavy atom. The number of nitrogens with one attached hydrogen (secondary N) is 1. The van der Waals surface area contributed by atoms with Crippen LogP contribution < -0.4 is 5.32 Å². The van der Waals surface area contributed by atoms with Gasteiger partial charge in [-0.05, 0) is 17.9 Å². The van der Waals surface area contributed by atoms with Crippen molar-refractivity contribution in [3.63, 3.8) is 0 Å². The molecule has 5 heteroatoms. The van der Waals surface area contributed by atoms with E-state index in [0.29, 0.717) is 16.1 Å². The minimum absolute atomic E-state index is 0.0939. The molecule has 98 valence electrons. The van der Waals surface area contributed by atoms with Gasteiger partial charge in [0, 0.05) is 5.56 Å². The van der Waals surface area contributed by atoms with Crippen LogP contribution in [0.2, 0.25) is 0 Å². The van der Waals surface area contributed by atoms with Crippen molar-refractivity contribution in [1.29, 1.82) is 0 Å². The molecular formula is C14H12ClNO2S. The van der Waals surface area contributed by atoms with Gasteiger partial charge in [-0.25, -0.2) is 0 Å². The summed E-state index contributed by atoms with van der Waals surface area (Å²) in [5.41, 5.74) is 2.03. The van der Waals surface area contributed by atoms with Crippen molar-refractivity contribution in [2.75, 3.05) is 11.2 Å². The van der Waals surface area contributed by atoms with E-state index in [1.54, 1.807) is 12.1 Å². The fourth-order valence-corrected chi connectivity index (χ4v) is 2.69. The van der Waals surface area contributed by atoms with Crippen molar-refractivity contribution in [3.8, 4) is 0 Å². The molecular weight excluding hydrogens is 282 g/mol. The highest BCUT2D eigenvalue weighted by Crippen LogP contribution is 2.29. The first-order chi connectivity index (χ1) is 9.13. The van der Waals surface area contributed by atoms with Crippen LogP contribution in [0.3, 0.4) is 0 Å². The maximum atomic E-state index is 12.4. The highest BCUT2D eigenvalue weighted by atomic mass is 35.5. The molecule has 2 rings (SSSR count). The Morgan fingerprint density at radius 3 is 2.58 bits per heavy atom. The first-order valence-corrected chi connectivity index (χ1v) is 7.08. The lowest BCUT2D eigenvalue weighted by molar-refractivity contribution is -0.113. The largest absolute Gasteiger partial charge is 0.323 e. The topological polar surface area (TPSA) is 46.2 Å². The molecule has 0 saturated heterocycles. The molecule has 0 unspecified atom stereocenters. The summed E-state index contributed by atoms with van der Waals surface area (Å²) in [5.74, 6) is -0.539. The molecule has 0 saturated carbocycles. The summed E-state index contributed by atoms with van der Waals surface area (Å²) >= 11 is 6.80. The van der Waals surface area contributed by atoms with Crippen molar-refractivity contribution in [1.82, 2.24) is 0 Å². The first-order valence-electron chi connectivity index (χ1n) is 5.67. The maximum absolute atomic E-state index is 12.4. The van der Waals surface area contributed by atoms with Crippen molar-refractivity contribution < 1.29 is 9.59 Å². The molecule has 0 aliphatic rings. The van der Waals surface area contributed by atoms with Crippen LogP contribution in [0.4, 0.5) is 5.69 Å². The fraction of sp³-hybridized carbons (Fsp3) is 0.143. The summed E-state index contributed by atoms with van der Waals surface area (Å²) in [7, 11) is 0. The second kappa shape index (κ2) is 5.99. The zero-order valence-electron chi connectivity index (χ0n) is 10.3. The Bertz CT molecular complexity index is 607. The monoisotopic (exact) mass is 293 g/mol. The van der Waals surface area contributed by atoms with Crippen molar-refractivity contribution in [3.05, 3.63) is 51.7 Å². The van der Waals surface area contributed by atoms with Gasteiger partial charge < -0.3 is 5.32 Å². The second-order valence-electron chi connectivity index (χ2n) is 4.00. The number of hydrogen-bond donors (Lipinski definition) is 1. The second-order valence-corrected chi connectivity index (χ2v) is 5.15. The van der Waals surface area contributed by atoms with E-state index in [9.17, 15) is 9.59 Å². The van der Waals surface area contributed by atoms with E-state index in [4.69, 9.17) is 11.6 Å². The van der Waals surface area contributed by atoms with E-state index in [-0.39, 0.29) is 17.6 Å². The van der Waals surface area contributed by atoms with Crippen LogP contribution in [0.25, 0.3) is 0 Å². The van der Waals surface area contributed by atoms with Gasteiger partial charge in [0.1, 0.15) is 5.88 Å². The molecule has 1 amide bonds. The molecule has 1 N–H and O–H groups in total. The molecule has 19 heavy (non-hydrogen) atoms. The lowest BCUT2D eigenvalue weighted by Gasteiger charge is -2.06. The van der Waals surface area contributed by atoms with E-state index in [1.165, 1.54) is 11.3 Å². The first kappa shape index (κ1) is 13.8. The summed E-state index contributed by atoms with van der Waals surface area (Å²) in [4.78, 5) is 24.3. The van der Waals surface area contributed by atoms with E-state index in [0.717, 1.165) is 5.56 Å². The normalized spacial score (nSPS) is 10.2. The SMILES string of the molecule is Cc1csc(C(=O)c2ccccc2)c1NC(=O)CCl. The van der Waals surface area contributed by atoms with E-state index < -0.39 is 0 Å². The molecule has 3 nitrogen and oxygen atoms in total. The Labute approximate surface area is 120 Å². The van der Waals surface area contributed by atoms with E-state index in [2.05, 4.69) is 5.32 Å². The predicted octanol–water partition coefficient (Wildman–Crippen LogP) is 3.46. The van der Waals surface area contributed by atoms with Gasteiger partial charge >= 0.3 is 0 Å².